The maximum absolute atomic E-state index is 12.0. The molecule has 1 heterocycles. The summed E-state index contributed by atoms with van der Waals surface area (Å²) in [5, 5.41) is 49.2. The van der Waals surface area contributed by atoms with Crippen LogP contribution in [0.1, 0.15) is 19.8 Å². The fourth-order valence-corrected chi connectivity index (χ4v) is 4.47. The SMILES string of the molecule is COC(=O)C1=CC[C@@H](OO[C@@H]2O[C@H](CO)[C@@H](O)[C@H](O)[C@H]2O)[C@@H]2[C@@H](C)[C@H](O)C[C@H]12. The van der Waals surface area contributed by atoms with E-state index in [2.05, 4.69) is 0 Å². The largest absolute Gasteiger partial charge is 0.466 e. The predicted octanol–water partition coefficient (Wildman–Crippen LogP) is -1.76. The molecule has 0 aromatic carbocycles. The van der Waals surface area contributed by atoms with Gasteiger partial charge in [0.05, 0.1) is 19.8 Å². The Hall–Kier alpha value is -1.11. The molecule has 0 amide bonds. The summed E-state index contributed by atoms with van der Waals surface area (Å²) in [7, 11) is 1.30. The molecule has 1 aliphatic heterocycles. The van der Waals surface area contributed by atoms with Crippen LogP contribution >= 0.6 is 0 Å². The fourth-order valence-electron chi connectivity index (χ4n) is 4.47. The molecule has 28 heavy (non-hydrogen) atoms. The molecule has 3 aliphatic rings. The minimum Gasteiger partial charge on any atom is -0.466 e. The molecule has 2 fully saturated rings. The van der Waals surface area contributed by atoms with Crippen molar-refractivity contribution in [2.24, 2.45) is 17.8 Å². The van der Waals surface area contributed by atoms with Crippen molar-refractivity contribution in [1.29, 1.82) is 0 Å². The minimum absolute atomic E-state index is 0.165. The van der Waals surface area contributed by atoms with E-state index in [-0.39, 0.29) is 17.8 Å². The minimum atomic E-state index is -1.58. The van der Waals surface area contributed by atoms with Gasteiger partial charge in [-0.25, -0.2) is 14.6 Å². The fraction of sp³-hybridized carbons (Fsp3) is 0.833. The van der Waals surface area contributed by atoms with Crippen LogP contribution in [0.25, 0.3) is 0 Å². The molecule has 160 valence electrons. The lowest BCUT2D eigenvalue weighted by molar-refractivity contribution is -0.445. The predicted molar refractivity (Wildman–Crippen MR) is 91.2 cm³/mol. The van der Waals surface area contributed by atoms with Crippen molar-refractivity contribution in [2.45, 2.75) is 62.7 Å². The first-order valence-corrected chi connectivity index (χ1v) is 9.39. The maximum Gasteiger partial charge on any atom is 0.333 e. The number of carbonyl (C=O) groups excluding carboxylic acids is 1. The van der Waals surface area contributed by atoms with Gasteiger partial charge in [0.25, 0.3) is 0 Å². The van der Waals surface area contributed by atoms with Crippen LogP contribution in [0, 0.1) is 17.8 Å². The first kappa shape index (κ1) is 21.6. The van der Waals surface area contributed by atoms with Gasteiger partial charge < -0.3 is 35.0 Å². The number of aliphatic hydroxyl groups is 5. The van der Waals surface area contributed by atoms with Crippen LogP contribution in [0.15, 0.2) is 11.6 Å². The Labute approximate surface area is 162 Å². The molecule has 10 atom stereocenters. The normalized spacial score (nSPS) is 46.0. The van der Waals surface area contributed by atoms with Crippen molar-refractivity contribution in [3.63, 3.8) is 0 Å². The molecule has 10 nitrogen and oxygen atoms in total. The summed E-state index contributed by atoms with van der Waals surface area (Å²) < 4.78 is 10.1. The van der Waals surface area contributed by atoms with Gasteiger partial charge in [0.1, 0.15) is 30.5 Å². The van der Waals surface area contributed by atoms with Crippen molar-refractivity contribution >= 4 is 5.97 Å². The first-order chi connectivity index (χ1) is 13.3. The first-order valence-electron chi connectivity index (χ1n) is 9.39. The average molecular weight is 404 g/mol. The van der Waals surface area contributed by atoms with Gasteiger partial charge in [-0.1, -0.05) is 13.0 Å². The highest BCUT2D eigenvalue weighted by Gasteiger charge is 2.51. The number of rotatable bonds is 5. The Morgan fingerprint density at radius 3 is 2.54 bits per heavy atom. The molecule has 1 saturated carbocycles. The summed E-state index contributed by atoms with van der Waals surface area (Å²) in [6.45, 7) is 1.28. The van der Waals surface area contributed by atoms with Crippen LogP contribution in [-0.2, 0) is 24.0 Å². The van der Waals surface area contributed by atoms with Crippen molar-refractivity contribution in [1.82, 2.24) is 0 Å². The van der Waals surface area contributed by atoms with Gasteiger partial charge in [-0.2, -0.15) is 0 Å². The highest BCUT2D eigenvalue weighted by Crippen LogP contribution is 2.48. The van der Waals surface area contributed by atoms with E-state index >= 15 is 0 Å². The number of hydrogen-bond acceptors (Lipinski definition) is 10. The molecule has 0 unspecified atom stereocenters. The Bertz CT molecular complexity index is 593. The highest BCUT2D eigenvalue weighted by atomic mass is 17.2. The molecule has 0 spiro atoms. The third-order valence-corrected chi connectivity index (χ3v) is 6.12. The average Bonchev–Trinajstić information content (AvgIpc) is 3.00. The topological polar surface area (TPSA) is 155 Å². The lowest BCUT2D eigenvalue weighted by Gasteiger charge is -2.40. The molecule has 0 aromatic rings. The Kier molecular flexibility index (Phi) is 6.72. The number of esters is 1. The zero-order valence-electron chi connectivity index (χ0n) is 15.7. The summed E-state index contributed by atoms with van der Waals surface area (Å²) in [6, 6.07) is 0. The molecule has 0 bridgehead atoms. The van der Waals surface area contributed by atoms with E-state index in [1.807, 2.05) is 6.92 Å². The molecule has 3 rings (SSSR count). The zero-order chi connectivity index (χ0) is 20.6. The van der Waals surface area contributed by atoms with Gasteiger partial charge in [-0.3, -0.25) is 0 Å². The lowest BCUT2D eigenvalue weighted by Crippen LogP contribution is -2.59. The van der Waals surface area contributed by atoms with E-state index in [0.29, 0.717) is 18.4 Å². The number of carbonyl (C=O) groups is 1. The molecule has 5 N–H and O–H groups in total. The van der Waals surface area contributed by atoms with E-state index < -0.39 is 55.5 Å². The lowest BCUT2D eigenvalue weighted by atomic mass is 9.76. The van der Waals surface area contributed by atoms with Crippen molar-refractivity contribution < 1.29 is 49.6 Å². The van der Waals surface area contributed by atoms with Gasteiger partial charge in [-0.15, -0.1) is 0 Å². The van der Waals surface area contributed by atoms with Gasteiger partial charge in [0.2, 0.25) is 6.29 Å². The Morgan fingerprint density at radius 1 is 1.18 bits per heavy atom. The van der Waals surface area contributed by atoms with E-state index in [4.69, 9.17) is 19.2 Å². The van der Waals surface area contributed by atoms with Crippen molar-refractivity contribution in [3.8, 4) is 0 Å². The number of methoxy groups -OCH3 is 1. The van der Waals surface area contributed by atoms with Crippen LogP contribution in [0.5, 0.6) is 0 Å². The van der Waals surface area contributed by atoms with Crippen molar-refractivity contribution in [2.75, 3.05) is 13.7 Å². The molecular formula is C18H28O10. The number of fused-ring (bicyclic) bond motifs is 1. The second kappa shape index (κ2) is 8.72. The molecule has 0 aromatic heterocycles. The van der Waals surface area contributed by atoms with E-state index in [0.717, 1.165) is 0 Å². The van der Waals surface area contributed by atoms with Crippen LogP contribution in [0.2, 0.25) is 0 Å². The summed E-state index contributed by atoms with van der Waals surface area (Å²) in [4.78, 5) is 22.8. The quantitative estimate of drug-likeness (QED) is 0.202. The monoisotopic (exact) mass is 404 g/mol. The summed E-state index contributed by atoms with van der Waals surface area (Å²) >= 11 is 0. The third-order valence-electron chi connectivity index (χ3n) is 6.12. The maximum atomic E-state index is 12.0. The van der Waals surface area contributed by atoms with Gasteiger partial charge >= 0.3 is 5.97 Å². The summed E-state index contributed by atoms with van der Waals surface area (Å²) in [6.07, 6.45) is -5.90. The highest BCUT2D eigenvalue weighted by molar-refractivity contribution is 5.89. The zero-order valence-corrected chi connectivity index (χ0v) is 15.7. The van der Waals surface area contributed by atoms with Crippen molar-refractivity contribution in [3.05, 3.63) is 11.6 Å². The van der Waals surface area contributed by atoms with Crippen LogP contribution < -0.4 is 0 Å². The molecule has 0 radical (unpaired) electrons. The molecular weight excluding hydrogens is 376 g/mol. The van der Waals surface area contributed by atoms with E-state index in [1.165, 1.54) is 7.11 Å². The van der Waals surface area contributed by atoms with Crippen LogP contribution in [-0.4, -0.2) is 88.1 Å². The van der Waals surface area contributed by atoms with Gasteiger partial charge in [-0.05, 0) is 24.7 Å². The molecule has 1 saturated heterocycles. The Morgan fingerprint density at radius 2 is 1.89 bits per heavy atom. The van der Waals surface area contributed by atoms with Crippen LogP contribution in [0.4, 0.5) is 0 Å². The van der Waals surface area contributed by atoms with E-state index in [9.17, 15) is 30.3 Å². The molecule has 10 heteroatoms. The second-order valence-electron chi connectivity index (χ2n) is 7.66. The van der Waals surface area contributed by atoms with Crippen LogP contribution in [0.3, 0.4) is 0 Å². The second-order valence-corrected chi connectivity index (χ2v) is 7.66. The standard InChI is InChI=1S/C18H28O10/c1-7-10(20)5-9-8(17(24)25-2)3-4-11(13(7)9)27-28-18-16(23)15(22)14(21)12(6-19)26-18/h3,7,9-16,18-23H,4-6H2,1-2H3/t7-,9+,10+,11+,12+,13+,14+,15-,16+,18-/m0/s1. The Balaban J connectivity index is 1.70. The third kappa shape index (κ3) is 3.83. The summed E-state index contributed by atoms with van der Waals surface area (Å²) in [5.41, 5.74) is 0.503. The van der Waals surface area contributed by atoms with Gasteiger partial charge in [0, 0.05) is 11.5 Å². The molecule has 2 aliphatic carbocycles. The smallest absolute Gasteiger partial charge is 0.333 e. The number of hydrogen-bond donors (Lipinski definition) is 5. The van der Waals surface area contributed by atoms with Gasteiger partial charge in [0.15, 0.2) is 0 Å². The summed E-state index contributed by atoms with van der Waals surface area (Å²) in [5.74, 6) is -1.08. The number of ether oxygens (including phenoxy) is 2. The number of aliphatic hydroxyl groups excluding tert-OH is 5. The van der Waals surface area contributed by atoms with E-state index in [1.54, 1.807) is 6.08 Å².